The first-order valence-electron chi connectivity index (χ1n) is 10.4. The van der Waals surface area contributed by atoms with Crippen molar-refractivity contribution in [1.82, 2.24) is 9.97 Å². The predicted molar refractivity (Wildman–Crippen MR) is 121 cm³/mol. The Morgan fingerprint density at radius 2 is 1.62 bits per heavy atom. The van der Waals surface area contributed by atoms with Gasteiger partial charge >= 0.3 is 0 Å². The van der Waals surface area contributed by atoms with E-state index >= 15 is 0 Å². The molecule has 0 fully saturated rings. The van der Waals surface area contributed by atoms with Crippen LogP contribution in [-0.2, 0) is 10.2 Å². The molecule has 32 heavy (non-hydrogen) atoms. The van der Waals surface area contributed by atoms with Gasteiger partial charge < -0.3 is 23.7 Å². The molecule has 7 heteroatoms. The van der Waals surface area contributed by atoms with Crippen molar-refractivity contribution in [1.29, 1.82) is 0 Å². The Bertz CT molecular complexity index is 1030. The van der Waals surface area contributed by atoms with Gasteiger partial charge in [-0.05, 0) is 41.7 Å². The molecule has 0 spiro atoms. The van der Waals surface area contributed by atoms with Gasteiger partial charge in [0.2, 0.25) is 0 Å². The van der Waals surface area contributed by atoms with Gasteiger partial charge in [0.25, 0.3) is 17.5 Å². The van der Waals surface area contributed by atoms with Crippen LogP contribution in [-0.4, -0.2) is 30.0 Å². The molecule has 0 saturated carbocycles. The first-order valence-corrected chi connectivity index (χ1v) is 10.4. The summed E-state index contributed by atoms with van der Waals surface area (Å²) in [6.07, 6.45) is 3.18. The molecule has 1 heterocycles. The molecule has 3 rings (SSSR count). The van der Waals surface area contributed by atoms with Crippen LogP contribution >= 0.6 is 0 Å². The van der Waals surface area contributed by atoms with Gasteiger partial charge in [-0.2, -0.15) is 9.97 Å². The Hall–Kier alpha value is -3.61. The lowest BCUT2D eigenvalue weighted by Crippen LogP contribution is -2.10. The Balaban J connectivity index is 1.90. The zero-order valence-corrected chi connectivity index (χ0v) is 18.8. The minimum absolute atomic E-state index is 0.0383. The smallest absolute Gasteiger partial charge is 0.270 e. The molecule has 0 saturated heterocycles. The van der Waals surface area contributed by atoms with E-state index in [1.54, 1.807) is 19.2 Å². The monoisotopic (exact) mass is 436 g/mol. The SMILES string of the molecule is COc1cccc(Oc2c(OCCCC=O)ncnc2Oc2ccc(C(C)(C)C)cc2)c1. The topological polar surface area (TPSA) is 79.8 Å². The van der Waals surface area contributed by atoms with Gasteiger partial charge in [-0.1, -0.05) is 39.0 Å². The quantitative estimate of drug-likeness (QED) is 0.297. The van der Waals surface area contributed by atoms with Gasteiger partial charge in [0.05, 0.1) is 13.7 Å². The van der Waals surface area contributed by atoms with Crippen LogP contribution in [0, 0.1) is 0 Å². The van der Waals surface area contributed by atoms with Crippen molar-refractivity contribution in [2.45, 2.75) is 39.0 Å². The predicted octanol–water partition coefficient (Wildman–Crippen LogP) is 5.73. The average molecular weight is 437 g/mol. The Morgan fingerprint density at radius 1 is 0.906 bits per heavy atom. The number of unbranched alkanes of at least 4 members (excludes halogenated alkanes) is 1. The maximum Gasteiger partial charge on any atom is 0.270 e. The van der Waals surface area contributed by atoms with E-state index in [1.165, 1.54) is 11.9 Å². The summed E-state index contributed by atoms with van der Waals surface area (Å²) in [6, 6.07) is 15.0. The largest absolute Gasteiger partial charge is 0.497 e. The van der Waals surface area contributed by atoms with E-state index in [1.807, 2.05) is 36.4 Å². The lowest BCUT2D eigenvalue weighted by Gasteiger charge is -2.19. The summed E-state index contributed by atoms with van der Waals surface area (Å²) in [5.41, 5.74) is 1.23. The van der Waals surface area contributed by atoms with Crippen molar-refractivity contribution in [3.63, 3.8) is 0 Å². The highest BCUT2D eigenvalue weighted by atomic mass is 16.6. The third-order valence-corrected chi connectivity index (χ3v) is 4.64. The standard InChI is InChI=1S/C25H28N2O5/c1-25(2,3)18-10-12-19(13-11-18)32-24-22(31-21-9-7-8-20(16-21)29-4)23(26-17-27-24)30-15-6-5-14-28/h7-14,16-17H,5-6,15H2,1-4H3. The number of carbonyl (C=O) groups excluding carboxylic acids is 1. The maximum absolute atomic E-state index is 10.6. The maximum atomic E-state index is 10.6. The van der Waals surface area contributed by atoms with Gasteiger partial charge in [0.1, 0.15) is 29.9 Å². The van der Waals surface area contributed by atoms with Crippen LogP contribution in [0.5, 0.6) is 34.8 Å². The van der Waals surface area contributed by atoms with Crippen LogP contribution in [0.1, 0.15) is 39.2 Å². The molecular formula is C25H28N2O5. The van der Waals surface area contributed by atoms with Crippen LogP contribution in [0.3, 0.4) is 0 Å². The number of nitrogens with zero attached hydrogens (tertiary/aromatic N) is 2. The Labute approximate surface area is 188 Å². The van der Waals surface area contributed by atoms with Crippen molar-refractivity contribution >= 4 is 6.29 Å². The van der Waals surface area contributed by atoms with E-state index in [0.29, 0.717) is 36.7 Å². The number of hydrogen-bond acceptors (Lipinski definition) is 7. The van der Waals surface area contributed by atoms with Gasteiger partial charge in [-0.25, -0.2) is 0 Å². The molecule has 0 N–H and O–H groups in total. The van der Waals surface area contributed by atoms with E-state index < -0.39 is 0 Å². The molecule has 3 aromatic rings. The highest BCUT2D eigenvalue weighted by molar-refractivity contribution is 5.49. The van der Waals surface area contributed by atoms with E-state index in [9.17, 15) is 4.79 Å². The summed E-state index contributed by atoms with van der Waals surface area (Å²) in [7, 11) is 1.59. The van der Waals surface area contributed by atoms with Gasteiger partial charge in [0.15, 0.2) is 0 Å². The van der Waals surface area contributed by atoms with E-state index in [0.717, 1.165) is 6.29 Å². The van der Waals surface area contributed by atoms with Crippen LogP contribution < -0.4 is 18.9 Å². The molecule has 0 aliphatic carbocycles. The summed E-state index contributed by atoms with van der Waals surface area (Å²) in [5.74, 6) is 2.47. The van der Waals surface area contributed by atoms with Crippen LogP contribution in [0.15, 0.2) is 54.9 Å². The molecule has 1 aromatic heterocycles. The number of benzene rings is 2. The van der Waals surface area contributed by atoms with Gasteiger partial charge in [-0.3, -0.25) is 0 Å². The van der Waals surface area contributed by atoms with E-state index in [-0.39, 0.29) is 22.9 Å². The molecule has 7 nitrogen and oxygen atoms in total. The van der Waals surface area contributed by atoms with Gasteiger partial charge in [0, 0.05) is 12.5 Å². The van der Waals surface area contributed by atoms with Crippen molar-refractivity contribution in [3.05, 3.63) is 60.4 Å². The highest BCUT2D eigenvalue weighted by Crippen LogP contribution is 2.40. The second-order valence-electron chi connectivity index (χ2n) is 8.13. The third-order valence-electron chi connectivity index (χ3n) is 4.64. The molecule has 0 unspecified atom stereocenters. The lowest BCUT2D eigenvalue weighted by molar-refractivity contribution is -0.108. The number of aromatic nitrogens is 2. The minimum Gasteiger partial charge on any atom is -0.497 e. The summed E-state index contributed by atoms with van der Waals surface area (Å²) >= 11 is 0. The normalized spacial score (nSPS) is 11.0. The fraction of sp³-hybridized carbons (Fsp3) is 0.320. The number of aldehydes is 1. The molecule has 0 atom stereocenters. The fourth-order valence-corrected chi connectivity index (χ4v) is 2.86. The Morgan fingerprint density at radius 3 is 2.31 bits per heavy atom. The molecule has 0 aliphatic heterocycles. The summed E-state index contributed by atoms with van der Waals surface area (Å²) in [5, 5.41) is 0. The number of rotatable bonds is 10. The summed E-state index contributed by atoms with van der Waals surface area (Å²) in [4.78, 5) is 19.1. The number of ether oxygens (including phenoxy) is 4. The molecule has 2 aromatic carbocycles. The molecular weight excluding hydrogens is 408 g/mol. The molecule has 168 valence electrons. The third kappa shape index (κ3) is 6.20. The number of hydrogen-bond donors (Lipinski definition) is 0. The second-order valence-corrected chi connectivity index (χ2v) is 8.13. The Kier molecular flexibility index (Phi) is 7.65. The van der Waals surface area contributed by atoms with E-state index in [4.69, 9.17) is 18.9 Å². The summed E-state index contributed by atoms with van der Waals surface area (Å²) in [6.45, 7) is 6.77. The van der Waals surface area contributed by atoms with Crippen molar-refractivity contribution in [2.75, 3.05) is 13.7 Å². The lowest BCUT2D eigenvalue weighted by atomic mass is 9.87. The molecule has 0 amide bonds. The first-order chi connectivity index (χ1) is 15.4. The average Bonchev–Trinajstić information content (AvgIpc) is 2.78. The number of methoxy groups -OCH3 is 1. The van der Waals surface area contributed by atoms with Crippen LogP contribution in [0.2, 0.25) is 0 Å². The van der Waals surface area contributed by atoms with Crippen molar-refractivity contribution in [3.8, 4) is 34.8 Å². The van der Waals surface area contributed by atoms with E-state index in [2.05, 4.69) is 30.7 Å². The first kappa shape index (κ1) is 23.1. The summed E-state index contributed by atoms with van der Waals surface area (Å²) < 4.78 is 23.1. The van der Waals surface area contributed by atoms with Crippen LogP contribution in [0.25, 0.3) is 0 Å². The van der Waals surface area contributed by atoms with Gasteiger partial charge in [-0.15, -0.1) is 0 Å². The van der Waals surface area contributed by atoms with Crippen molar-refractivity contribution in [2.24, 2.45) is 0 Å². The zero-order chi connectivity index (χ0) is 23.0. The van der Waals surface area contributed by atoms with Crippen LogP contribution in [0.4, 0.5) is 0 Å². The van der Waals surface area contributed by atoms with Crippen molar-refractivity contribution < 1.29 is 23.7 Å². The number of carbonyl (C=O) groups is 1. The second kappa shape index (κ2) is 10.6. The molecule has 0 radical (unpaired) electrons. The minimum atomic E-state index is 0.0383. The fourth-order valence-electron chi connectivity index (χ4n) is 2.86. The zero-order valence-electron chi connectivity index (χ0n) is 18.8. The molecule has 0 aliphatic rings. The highest BCUT2D eigenvalue weighted by Gasteiger charge is 2.19. The molecule has 0 bridgehead atoms.